The number of carbonyl (C=O) groups excluding carboxylic acids is 1. The normalized spacial score (nSPS) is 10.5. The van der Waals surface area contributed by atoms with E-state index >= 15 is 0 Å². The van der Waals surface area contributed by atoms with E-state index < -0.39 is 0 Å². The van der Waals surface area contributed by atoms with Gasteiger partial charge in [0.25, 0.3) is 5.82 Å². The number of esters is 1. The van der Waals surface area contributed by atoms with Crippen LogP contribution in [-0.2, 0) is 11.8 Å². The van der Waals surface area contributed by atoms with Gasteiger partial charge < -0.3 is 4.74 Å². The number of ether oxygens (including phenoxy) is 1. The number of carbonyl (C=O) groups is 1. The maximum Gasteiger partial charge on any atom is 0.339 e. The lowest BCUT2D eigenvalue weighted by Crippen LogP contribution is -2.31. The smallest absolute Gasteiger partial charge is 0.339 e. The molecule has 5 nitrogen and oxygen atoms in total. The molecule has 88 valence electrons. The second-order valence-corrected chi connectivity index (χ2v) is 3.69. The Labute approximate surface area is 98.8 Å². The molecule has 5 heteroatoms. The van der Waals surface area contributed by atoms with Gasteiger partial charge in [-0.2, -0.15) is 0 Å². The highest BCUT2D eigenvalue weighted by Crippen LogP contribution is 2.16. The van der Waals surface area contributed by atoms with Gasteiger partial charge in [-0.15, -0.1) is 0 Å². The van der Waals surface area contributed by atoms with E-state index in [0.717, 1.165) is 5.39 Å². The number of rotatable bonds is 2. The number of fused-ring (bicyclic) bond motifs is 1. The Bertz CT molecular complexity index is 581. The van der Waals surface area contributed by atoms with Crippen molar-refractivity contribution in [3.05, 3.63) is 30.1 Å². The third-order valence-corrected chi connectivity index (χ3v) is 2.53. The van der Waals surface area contributed by atoms with Crippen LogP contribution in [0.2, 0.25) is 0 Å². The molecule has 2 aromatic heterocycles. The van der Waals surface area contributed by atoms with E-state index in [2.05, 4.69) is 4.98 Å². The molecule has 0 aromatic carbocycles. The minimum Gasteiger partial charge on any atom is -0.462 e. The highest BCUT2D eigenvalue weighted by molar-refractivity contribution is 5.95. The molecule has 2 aromatic rings. The van der Waals surface area contributed by atoms with Crippen molar-refractivity contribution in [2.75, 3.05) is 12.3 Å². The minimum atomic E-state index is -0.367. The van der Waals surface area contributed by atoms with Gasteiger partial charge in [-0.05, 0) is 19.1 Å². The van der Waals surface area contributed by atoms with Gasteiger partial charge in [0.1, 0.15) is 0 Å². The molecule has 0 saturated carbocycles. The summed E-state index contributed by atoms with van der Waals surface area (Å²) in [5.41, 5.74) is 7.01. The Kier molecular flexibility index (Phi) is 2.91. The van der Waals surface area contributed by atoms with Gasteiger partial charge in [0, 0.05) is 11.6 Å². The Hall–Kier alpha value is -2.17. The zero-order valence-corrected chi connectivity index (χ0v) is 9.80. The number of nitrogens with two attached hydrogens (primary N) is 1. The van der Waals surface area contributed by atoms with Gasteiger partial charge in [0.15, 0.2) is 5.52 Å². The van der Waals surface area contributed by atoms with Crippen LogP contribution < -0.4 is 10.3 Å². The van der Waals surface area contributed by atoms with Crippen LogP contribution in [0.1, 0.15) is 17.3 Å². The molecule has 0 fully saturated rings. The number of aryl methyl sites for hydroxylation is 1. The Morgan fingerprint density at radius 3 is 3.06 bits per heavy atom. The first-order valence-corrected chi connectivity index (χ1v) is 5.34. The summed E-state index contributed by atoms with van der Waals surface area (Å²) in [5.74, 6) is 0.201. The van der Waals surface area contributed by atoms with E-state index in [0.29, 0.717) is 23.5 Å². The fourth-order valence-corrected chi connectivity index (χ4v) is 1.59. The highest BCUT2D eigenvalue weighted by Gasteiger charge is 2.12. The summed E-state index contributed by atoms with van der Waals surface area (Å²) < 4.78 is 6.69. The number of anilines is 1. The molecule has 0 unspecified atom stereocenters. The van der Waals surface area contributed by atoms with E-state index in [9.17, 15) is 4.79 Å². The third-order valence-electron chi connectivity index (χ3n) is 2.53. The zero-order valence-electron chi connectivity index (χ0n) is 9.80. The van der Waals surface area contributed by atoms with Crippen molar-refractivity contribution in [1.29, 1.82) is 0 Å². The van der Waals surface area contributed by atoms with Gasteiger partial charge >= 0.3 is 5.97 Å². The van der Waals surface area contributed by atoms with Gasteiger partial charge in [0.05, 0.1) is 25.4 Å². The van der Waals surface area contributed by atoms with Gasteiger partial charge in [-0.1, -0.05) is 0 Å². The van der Waals surface area contributed by atoms with Crippen molar-refractivity contribution >= 4 is 22.7 Å². The summed E-state index contributed by atoms with van der Waals surface area (Å²) in [7, 11) is 1.84. The molecule has 2 heterocycles. The molecule has 0 spiro atoms. The standard InChI is InChI=1S/C12H13N3O2/c1-3-17-12(16)9-6-8-4-5-15(2)11(13)10(8)14-7-9/h4-7,13H,3H2,1-2H3/p+1. The predicted molar refractivity (Wildman–Crippen MR) is 63.3 cm³/mol. The van der Waals surface area contributed by atoms with Crippen LogP contribution in [0, 0.1) is 0 Å². The molecule has 0 saturated heterocycles. The van der Waals surface area contributed by atoms with E-state index in [4.69, 9.17) is 10.5 Å². The number of hydrogen-bond acceptors (Lipinski definition) is 4. The first-order chi connectivity index (χ1) is 8.13. The lowest BCUT2D eigenvalue weighted by molar-refractivity contribution is -0.655. The fourth-order valence-electron chi connectivity index (χ4n) is 1.59. The first kappa shape index (κ1) is 11.3. The van der Waals surface area contributed by atoms with Crippen molar-refractivity contribution in [1.82, 2.24) is 4.98 Å². The van der Waals surface area contributed by atoms with Crippen LogP contribution in [0.5, 0.6) is 0 Å². The quantitative estimate of drug-likeness (QED) is 0.614. The van der Waals surface area contributed by atoms with Crippen LogP contribution in [0.3, 0.4) is 0 Å². The molecule has 0 aliphatic rings. The average Bonchev–Trinajstić information content (AvgIpc) is 2.34. The summed E-state index contributed by atoms with van der Waals surface area (Å²) >= 11 is 0. The van der Waals surface area contributed by atoms with Crippen molar-refractivity contribution in [3.8, 4) is 0 Å². The molecule has 17 heavy (non-hydrogen) atoms. The predicted octanol–water partition coefficient (Wildman–Crippen LogP) is 0.818. The van der Waals surface area contributed by atoms with Crippen molar-refractivity contribution in [3.63, 3.8) is 0 Å². The fraction of sp³-hybridized carbons (Fsp3) is 0.250. The summed E-state index contributed by atoms with van der Waals surface area (Å²) in [4.78, 5) is 15.7. The van der Waals surface area contributed by atoms with Crippen LogP contribution in [0.25, 0.3) is 10.9 Å². The average molecular weight is 232 g/mol. The Balaban J connectivity index is 2.52. The van der Waals surface area contributed by atoms with Crippen LogP contribution in [0.4, 0.5) is 5.82 Å². The summed E-state index contributed by atoms with van der Waals surface area (Å²) in [6.07, 6.45) is 3.31. The Morgan fingerprint density at radius 2 is 2.35 bits per heavy atom. The van der Waals surface area contributed by atoms with Gasteiger partial charge in [0.2, 0.25) is 0 Å². The van der Waals surface area contributed by atoms with Crippen LogP contribution >= 0.6 is 0 Å². The first-order valence-electron chi connectivity index (χ1n) is 5.34. The summed E-state index contributed by atoms with van der Waals surface area (Å²) in [5, 5.41) is 0.825. The Morgan fingerprint density at radius 1 is 1.59 bits per heavy atom. The molecule has 0 bridgehead atoms. The molecule has 0 amide bonds. The monoisotopic (exact) mass is 232 g/mol. The van der Waals surface area contributed by atoms with E-state index in [1.54, 1.807) is 17.6 Å². The van der Waals surface area contributed by atoms with E-state index in [1.165, 1.54) is 6.20 Å². The molecule has 2 N–H and O–H groups in total. The SMILES string of the molecule is CCOC(=O)c1cnc2c(N)[n+](C)ccc2c1. The maximum absolute atomic E-state index is 11.5. The second kappa shape index (κ2) is 4.37. The molecule has 0 aliphatic heterocycles. The molecular formula is C12H14N3O2+. The van der Waals surface area contributed by atoms with Crippen molar-refractivity contribution in [2.45, 2.75) is 6.92 Å². The third kappa shape index (κ3) is 2.04. The topological polar surface area (TPSA) is 69.1 Å². The molecule has 0 radical (unpaired) electrons. The lowest BCUT2D eigenvalue weighted by Gasteiger charge is -2.04. The highest BCUT2D eigenvalue weighted by atomic mass is 16.5. The summed E-state index contributed by atoms with van der Waals surface area (Å²) in [6, 6.07) is 3.60. The number of nitrogens with zero attached hydrogens (tertiary/aromatic N) is 2. The maximum atomic E-state index is 11.5. The zero-order chi connectivity index (χ0) is 12.4. The number of pyridine rings is 2. The summed E-state index contributed by atoms with van der Waals surface area (Å²) in [6.45, 7) is 2.12. The lowest BCUT2D eigenvalue weighted by atomic mass is 10.2. The number of aromatic nitrogens is 2. The van der Waals surface area contributed by atoms with Crippen molar-refractivity contribution in [2.24, 2.45) is 7.05 Å². The van der Waals surface area contributed by atoms with E-state index in [-0.39, 0.29) is 5.97 Å². The molecular weight excluding hydrogens is 218 g/mol. The minimum absolute atomic E-state index is 0.350. The molecule has 0 atom stereocenters. The van der Waals surface area contributed by atoms with Crippen LogP contribution in [0.15, 0.2) is 24.5 Å². The van der Waals surface area contributed by atoms with Crippen LogP contribution in [-0.4, -0.2) is 17.6 Å². The van der Waals surface area contributed by atoms with Crippen molar-refractivity contribution < 1.29 is 14.1 Å². The van der Waals surface area contributed by atoms with Gasteiger partial charge in [-0.3, -0.25) is 5.73 Å². The van der Waals surface area contributed by atoms with E-state index in [1.807, 2.05) is 19.3 Å². The number of hydrogen-bond donors (Lipinski definition) is 1. The van der Waals surface area contributed by atoms with Gasteiger partial charge in [-0.25, -0.2) is 14.3 Å². The second-order valence-electron chi connectivity index (χ2n) is 3.69. The number of nitrogen functional groups attached to an aromatic ring is 1. The molecule has 0 aliphatic carbocycles. The molecule has 2 rings (SSSR count). The largest absolute Gasteiger partial charge is 0.462 e.